The maximum absolute atomic E-state index is 12.3. The van der Waals surface area contributed by atoms with Crippen molar-refractivity contribution in [3.05, 3.63) is 21.9 Å². The highest BCUT2D eigenvalue weighted by molar-refractivity contribution is 7.10. The smallest absolute Gasteiger partial charge is 0.310 e. The number of thiophene rings is 1. The highest BCUT2D eigenvalue weighted by atomic mass is 32.1. The van der Waals surface area contributed by atoms with E-state index < -0.39 is 11.4 Å². The van der Waals surface area contributed by atoms with E-state index in [-0.39, 0.29) is 18.4 Å². The number of carboxylic acid groups (broad SMARTS) is 1. The molecule has 1 aromatic rings. The zero-order chi connectivity index (χ0) is 14.9. The second-order valence-electron chi connectivity index (χ2n) is 6.28. The number of fused-ring (bicyclic) bond motifs is 1. The van der Waals surface area contributed by atoms with E-state index in [4.69, 9.17) is 0 Å². The van der Waals surface area contributed by atoms with E-state index in [1.807, 2.05) is 0 Å². The minimum atomic E-state index is -0.823. The van der Waals surface area contributed by atoms with E-state index in [9.17, 15) is 14.7 Å². The van der Waals surface area contributed by atoms with Crippen LogP contribution >= 0.6 is 11.3 Å². The lowest BCUT2D eigenvalue weighted by atomic mass is 9.82. The van der Waals surface area contributed by atoms with E-state index in [1.165, 1.54) is 10.4 Å². The van der Waals surface area contributed by atoms with Gasteiger partial charge in [0.25, 0.3) is 0 Å². The molecule has 3 rings (SSSR count). The SMILES string of the molecule is O=C(CC1(C(=O)O)CCCC1)NC1CCCc2sccc21. The molecule has 4 nitrogen and oxygen atoms in total. The van der Waals surface area contributed by atoms with Crippen LogP contribution in [-0.2, 0) is 16.0 Å². The van der Waals surface area contributed by atoms with Gasteiger partial charge in [-0.15, -0.1) is 11.3 Å². The minimum Gasteiger partial charge on any atom is -0.481 e. The molecule has 1 heterocycles. The first-order chi connectivity index (χ1) is 10.1. The molecule has 0 aromatic carbocycles. The van der Waals surface area contributed by atoms with Crippen LogP contribution in [0.2, 0.25) is 0 Å². The van der Waals surface area contributed by atoms with Gasteiger partial charge in [0.05, 0.1) is 11.5 Å². The van der Waals surface area contributed by atoms with Crippen LogP contribution in [0.5, 0.6) is 0 Å². The highest BCUT2D eigenvalue weighted by Crippen LogP contribution is 2.42. The predicted octanol–water partition coefficient (Wildman–Crippen LogP) is 3.28. The summed E-state index contributed by atoms with van der Waals surface area (Å²) in [6, 6.07) is 2.16. The van der Waals surface area contributed by atoms with Crippen LogP contribution in [0.15, 0.2) is 11.4 Å². The van der Waals surface area contributed by atoms with Crippen LogP contribution in [0.25, 0.3) is 0 Å². The summed E-state index contributed by atoms with van der Waals surface area (Å²) in [4.78, 5) is 25.2. The molecular formula is C16H21NO3S. The van der Waals surface area contributed by atoms with Crippen molar-refractivity contribution in [2.24, 2.45) is 5.41 Å². The molecular weight excluding hydrogens is 286 g/mol. The molecule has 0 spiro atoms. The lowest BCUT2D eigenvalue weighted by Gasteiger charge is -2.27. The van der Waals surface area contributed by atoms with E-state index in [0.29, 0.717) is 12.8 Å². The summed E-state index contributed by atoms with van der Waals surface area (Å²) < 4.78 is 0. The first-order valence-corrected chi connectivity index (χ1v) is 8.58. The Morgan fingerprint density at radius 2 is 2.10 bits per heavy atom. The molecule has 2 aliphatic rings. The highest BCUT2D eigenvalue weighted by Gasteiger charge is 2.43. The van der Waals surface area contributed by atoms with E-state index in [1.54, 1.807) is 11.3 Å². The first kappa shape index (κ1) is 14.6. The van der Waals surface area contributed by atoms with Gasteiger partial charge in [0.1, 0.15) is 0 Å². The second kappa shape index (κ2) is 5.79. The maximum Gasteiger partial charge on any atom is 0.310 e. The Kier molecular flexibility index (Phi) is 4.02. The zero-order valence-corrected chi connectivity index (χ0v) is 12.9. The monoisotopic (exact) mass is 307 g/mol. The van der Waals surface area contributed by atoms with Gasteiger partial charge < -0.3 is 10.4 Å². The molecule has 0 bridgehead atoms. The third-order valence-corrected chi connectivity index (χ3v) is 5.90. The number of rotatable bonds is 4. The van der Waals surface area contributed by atoms with E-state index >= 15 is 0 Å². The normalized spacial score (nSPS) is 23.5. The van der Waals surface area contributed by atoms with E-state index in [0.717, 1.165) is 32.1 Å². The van der Waals surface area contributed by atoms with Crippen molar-refractivity contribution in [2.45, 2.75) is 57.4 Å². The molecule has 21 heavy (non-hydrogen) atoms. The molecule has 1 aromatic heterocycles. The summed E-state index contributed by atoms with van der Waals surface area (Å²) in [7, 11) is 0. The first-order valence-electron chi connectivity index (χ1n) is 7.70. The number of hydrogen-bond acceptors (Lipinski definition) is 3. The Morgan fingerprint density at radius 3 is 2.81 bits per heavy atom. The molecule has 1 atom stereocenters. The summed E-state index contributed by atoms with van der Waals surface area (Å²) in [5.74, 6) is -0.918. The van der Waals surface area contributed by atoms with Crippen LogP contribution < -0.4 is 5.32 Å². The number of nitrogens with one attached hydrogen (secondary N) is 1. The van der Waals surface area contributed by atoms with Crippen LogP contribution in [0.3, 0.4) is 0 Å². The van der Waals surface area contributed by atoms with Crippen LogP contribution in [0.1, 0.15) is 61.4 Å². The largest absolute Gasteiger partial charge is 0.481 e. The topological polar surface area (TPSA) is 66.4 Å². The molecule has 0 saturated heterocycles. The quantitative estimate of drug-likeness (QED) is 0.897. The number of aryl methyl sites for hydroxylation is 1. The van der Waals surface area contributed by atoms with Gasteiger partial charge in [-0.1, -0.05) is 12.8 Å². The number of hydrogen-bond donors (Lipinski definition) is 2. The van der Waals surface area contributed by atoms with Gasteiger partial charge >= 0.3 is 5.97 Å². The molecule has 0 radical (unpaired) electrons. The number of carboxylic acids is 1. The van der Waals surface area contributed by atoms with E-state index in [2.05, 4.69) is 16.8 Å². The molecule has 1 saturated carbocycles. The second-order valence-corrected chi connectivity index (χ2v) is 7.28. The Labute approximate surface area is 128 Å². The Morgan fingerprint density at radius 1 is 1.33 bits per heavy atom. The molecule has 0 aliphatic heterocycles. The third kappa shape index (κ3) is 2.84. The Bertz CT molecular complexity index is 545. The maximum atomic E-state index is 12.3. The van der Waals surface area contributed by atoms with Crippen molar-refractivity contribution in [1.29, 1.82) is 0 Å². The average Bonchev–Trinajstić information content (AvgIpc) is 3.08. The van der Waals surface area contributed by atoms with Crippen molar-refractivity contribution in [1.82, 2.24) is 5.32 Å². The molecule has 1 fully saturated rings. The summed E-state index contributed by atoms with van der Waals surface area (Å²) in [5.41, 5.74) is 0.409. The third-order valence-electron chi connectivity index (χ3n) is 4.90. The van der Waals surface area contributed by atoms with Gasteiger partial charge in [-0.3, -0.25) is 9.59 Å². The van der Waals surface area contributed by atoms with Gasteiger partial charge in [-0.25, -0.2) is 0 Å². The summed E-state index contributed by atoms with van der Waals surface area (Å²) >= 11 is 1.75. The number of carbonyl (C=O) groups excluding carboxylic acids is 1. The number of amides is 1. The number of aliphatic carboxylic acids is 1. The molecule has 114 valence electrons. The average molecular weight is 307 g/mol. The lowest BCUT2D eigenvalue weighted by molar-refractivity contribution is -0.151. The van der Waals surface area contributed by atoms with Crippen molar-refractivity contribution in [3.8, 4) is 0 Å². The fourth-order valence-electron chi connectivity index (χ4n) is 3.71. The van der Waals surface area contributed by atoms with Gasteiger partial charge in [-0.05, 0) is 49.1 Å². The van der Waals surface area contributed by atoms with Gasteiger partial charge in [-0.2, -0.15) is 0 Å². The van der Waals surface area contributed by atoms with Crippen molar-refractivity contribution in [2.75, 3.05) is 0 Å². The predicted molar refractivity (Wildman–Crippen MR) is 81.3 cm³/mol. The van der Waals surface area contributed by atoms with Crippen LogP contribution in [0.4, 0.5) is 0 Å². The zero-order valence-electron chi connectivity index (χ0n) is 12.1. The van der Waals surface area contributed by atoms with Crippen LogP contribution in [-0.4, -0.2) is 17.0 Å². The van der Waals surface area contributed by atoms with Crippen LogP contribution in [0, 0.1) is 5.41 Å². The fourth-order valence-corrected chi connectivity index (χ4v) is 4.69. The molecule has 1 amide bonds. The van der Waals surface area contributed by atoms with Crippen molar-refractivity contribution < 1.29 is 14.7 Å². The van der Waals surface area contributed by atoms with Gasteiger partial charge in [0, 0.05) is 11.3 Å². The Balaban J connectivity index is 1.66. The molecule has 1 unspecified atom stereocenters. The van der Waals surface area contributed by atoms with Crippen molar-refractivity contribution in [3.63, 3.8) is 0 Å². The molecule has 5 heteroatoms. The number of carbonyl (C=O) groups is 2. The molecule has 2 aliphatic carbocycles. The van der Waals surface area contributed by atoms with Gasteiger partial charge in [0.2, 0.25) is 5.91 Å². The van der Waals surface area contributed by atoms with Crippen molar-refractivity contribution >= 4 is 23.2 Å². The summed E-state index contributed by atoms with van der Waals surface area (Å²) in [5, 5.41) is 14.6. The standard InChI is InChI=1S/C16H21NO3S/c18-14(10-16(15(19)20)7-1-2-8-16)17-12-4-3-5-13-11(12)6-9-21-13/h6,9,12H,1-5,7-8,10H2,(H,17,18)(H,19,20). The minimum absolute atomic E-state index is 0.0692. The summed E-state index contributed by atoms with van der Waals surface area (Å²) in [6.45, 7) is 0. The fraction of sp³-hybridized carbons (Fsp3) is 0.625. The van der Waals surface area contributed by atoms with Gasteiger partial charge in [0.15, 0.2) is 0 Å². The lowest BCUT2D eigenvalue weighted by Crippen LogP contribution is -2.37. The summed E-state index contributed by atoms with van der Waals surface area (Å²) in [6.07, 6.45) is 6.35. The molecule has 2 N–H and O–H groups in total. The Hall–Kier alpha value is -1.36.